The van der Waals surface area contributed by atoms with Crippen molar-refractivity contribution in [1.82, 2.24) is 24.2 Å². The van der Waals surface area contributed by atoms with Crippen LogP contribution in [0.25, 0.3) is 11.2 Å². The second kappa shape index (κ2) is 20.6. The number of benzene rings is 3. The van der Waals surface area contributed by atoms with Crippen LogP contribution in [0.1, 0.15) is 91.7 Å². The summed E-state index contributed by atoms with van der Waals surface area (Å²) in [4.78, 5) is 38.5. The van der Waals surface area contributed by atoms with Crippen molar-refractivity contribution in [2.75, 3.05) is 32.7 Å². The van der Waals surface area contributed by atoms with Crippen LogP contribution < -0.4 is 20.3 Å². The van der Waals surface area contributed by atoms with E-state index in [1.165, 1.54) is 6.33 Å². The molecule has 1 fully saturated rings. The number of anilines is 1. The Labute approximate surface area is 396 Å². The van der Waals surface area contributed by atoms with Crippen molar-refractivity contribution in [3.63, 3.8) is 0 Å². The number of carbonyl (C=O) groups excluding carboxylic acids is 1. The SMILES string of the molecule is COc1ccc(C(OC[C@@H]2O[C@@H](n3cnc4c(=O)[nH]c(NC(=O)C(C)C)nc43)[C@H](O[Si](C)(C)C(C)(C)C)[C@@H]2N(CCC#N)P(=O)(C(C)C)C(C)C)(c2ccccc2)c2ccc(OC)cc2)cc1. The highest BCUT2D eigenvalue weighted by Gasteiger charge is 2.57. The van der Waals surface area contributed by atoms with Crippen LogP contribution in [0, 0.1) is 17.2 Å². The van der Waals surface area contributed by atoms with E-state index < -0.39 is 51.2 Å². The lowest BCUT2D eigenvalue weighted by Gasteiger charge is -2.47. The van der Waals surface area contributed by atoms with E-state index >= 15 is 4.57 Å². The molecule has 1 amide bonds. The fourth-order valence-corrected chi connectivity index (χ4v) is 13.4. The van der Waals surface area contributed by atoms with Crippen molar-refractivity contribution in [3.8, 4) is 17.6 Å². The number of H-pyrrole nitrogens is 1. The van der Waals surface area contributed by atoms with E-state index in [4.69, 9.17) is 28.4 Å². The maximum absolute atomic E-state index is 16.0. The molecule has 0 unspecified atom stereocenters. The minimum atomic E-state index is -3.37. The number of fused-ring (bicyclic) bond motifs is 1. The second-order valence-corrected chi connectivity index (χ2v) is 28.2. The van der Waals surface area contributed by atoms with Crippen molar-refractivity contribution in [2.24, 2.45) is 5.92 Å². The van der Waals surface area contributed by atoms with E-state index in [1.807, 2.05) is 111 Å². The van der Waals surface area contributed by atoms with Gasteiger partial charge in [-0.2, -0.15) is 10.2 Å². The molecular weight excluding hydrogens is 886 g/mol. The Morgan fingerprint density at radius 2 is 1.48 bits per heavy atom. The van der Waals surface area contributed by atoms with Crippen molar-refractivity contribution in [2.45, 2.75) is 128 Å². The molecule has 6 rings (SSSR count). The lowest BCUT2D eigenvalue weighted by atomic mass is 9.80. The van der Waals surface area contributed by atoms with Crippen molar-refractivity contribution < 1.29 is 32.7 Å². The second-order valence-electron chi connectivity index (χ2n) is 19.5. The zero-order valence-corrected chi connectivity index (χ0v) is 43.1. The normalized spacial score (nSPS) is 18.3. The summed E-state index contributed by atoms with van der Waals surface area (Å²) in [6.45, 7) is 22.2. The highest BCUT2D eigenvalue weighted by atomic mass is 31.2. The fourth-order valence-electron chi connectivity index (χ4n) is 8.67. The number of methoxy groups -OCH3 is 2. The molecule has 2 N–H and O–H groups in total. The molecule has 5 aromatic rings. The number of nitriles is 1. The highest BCUT2D eigenvalue weighted by molar-refractivity contribution is 7.62. The molecule has 3 aromatic carbocycles. The molecule has 0 radical (unpaired) electrons. The zero-order chi connectivity index (χ0) is 49.1. The van der Waals surface area contributed by atoms with Gasteiger partial charge in [0.1, 0.15) is 29.3 Å². The molecular formula is C50H68N7O8PSi. The number of aromatic nitrogens is 4. The third-order valence-corrected chi connectivity index (χ3v) is 22.0. The lowest BCUT2D eigenvalue weighted by Crippen LogP contribution is -2.55. The Morgan fingerprint density at radius 3 is 1.97 bits per heavy atom. The Balaban J connectivity index is 1.64. The molecule has 360 valence electrons. The first kappa shape index (κ1) is 51.3. The van der Waals surface area contributed by atoms with Crippen LogP contribution in [0.3, 0.4) is 0 Å². The summed E-state index contributed by atoms with van der Waals surface area (Å²) in [7, 11) is -2.87. The maximum atomic E-state index is 16.0. The van der Waals surface area contributed by atoms with E-state index in [2.05, 4.69) is 55.2 Å². The van der Waals surface area contributed by atoms with Crippen molar-refractivity contribution in [3.05, 3.63) is 112 Å². The molecule has 1 aliphatic heterocycles. The monoisotopic (exact) mass is 953 g/mol. The third kappa shape index (κ3) is 10.2. The summed E-state index contributed by atoms with van der Waals surface area (Å²) in [5.41, 5.74) is 0.208. The quantitative estimate of drug-likeness (QED) is 0.0455. The first-order valence-corrected chi connectivity index (χ1v) is 27.7. The molecule has 0 spiro atoms. The fraction of sp³-hybridized carbons (Fsp3) is 0.500. The molecule has 67 heavy (non-hydrogen) atoms. The van der Waals surface area contributed by atoms with Gasteiger partial charge in [-0.05, 0) is 59.1 Å². The number of carbonyl (C=O) groups is 1. The van der Waals surface area contributed by atoms with E-state index in [0.29, 0.717) is 11.5 Å². The summed E-state index contributed by atoms with van der Waals surface area (Å²) in [5.74, 6) is 0.589. The summed E-state index contributed by atoms with van der Waals surface area (Å²) in [5, 5.41) is 12.6. The van der Waals surface area contributed by atoms with Crippen LogP contribution in [0.2, 0.25) is 18.1 Å². The number of amides is 1. The highest BCUT2D eigenvalue weighted by Crippen LogP contribution is 2.61. The Morgan fingerprint density at radius 1 is 0.925 bits per heavy atom. The standard InChI is InChI=1S/C50H68N7O8PSi/c1-32(2)45(58)54-48-53-44-41(46(59)55-48)52-31-56(44)47-43(65-67(12,13)49(7,8)9)42(57(29-17-28-51)66(60,33(3)4)34(5)6)40(64-47)30-63-50(35-18-15-14-16-19-35,36-20-24-38(61-10)25-21-36)37-22-26-39(62-11)27-23-37/h14-16,18-27,31-34,40,42-43,47H,17,29-30H2,1-13H3,(H2,53,54,55,58,59)/t40-,42+,43+,47+/m0/s1. The number of hydrogen-bond donors (Lipinski definition) is 2. The average molecular weight is 954 g/mol. The van der Waals surface area contributed by atoms with Crippen LogP contribution in [0.4, 0.5) is 5.95 Å². The van der Waals surface area contributed by atoms with Crippen LogP contribution in [-0.2, 0) is 28.9 Å². The molecule has 0 saturated carbocycles. The minimum Gasteiger partial charge on any atom is -0.497 e. The van der Waals surface area contributed by atoms with Crippen molar-refractivity contribution in [1.29, 1.82) is 5.26 Å². The van der Waals surface area contributed by atoms with E-state index in [9.17, 15) is 14.9 Å². The molecule has 3 heterocycles. The van der Waals surface area contributed by atoms with Gasteiger partial charge < -0.3 is 27.9 Å². The first-order chi connectivity index (χ1) is 31.6. The molecule has 0 bridgehead atoms. The Bertz CT molecular complexity index is 2560. The summed E-state index contributed by atoms with van der Waals surface area (Å²) in [6, 6.07) is 27.0. The van der Waals surface area contributed by atoms with Gasteiger partial charge in [0, 0.05) is 30.2 Å². The average Bonchev–Trinajstić information content (AvgIpc) is 3.87. The number of ether oxygens (including phenoxy) is 4. The van der Waals surface area contributed by atoms with Gasteiger partial charge in [-0.1, -0.05) is 117 Å². The summed E-state index contributed by atoms with van der Waals surface area (Å²) < 4.78 is 53.4. The van der Waals surface area contributed by atoms with Gasteiger partial charge in [-0.25, -0.2) is 9.65 Å². The number of aromatic amines is 1. The maximum Gasteiger partial charge on any atom is 0.280 e. The van der Waals surface area contributed by atoms with Crippen LogP contribution in [0.15, 0.2) is 90.0 Å². The smallest absolute Gasteiger partial charge is 0.280 e. The van der Waals surface area contributed by atoms with Gasteiger partial charge in [0.2, 0.25) is 11.9 Å². The number of rotatable bonds is 19. The molecule has 15 nitrogen and oxygen atoms in total. The van der Waals surface area contributed by atoms with Gasteiger partial charge >= 0.3 is 0 Å². The van der Waals surface area contributed by atoms with Crippen LogP contribution in [0.5, 0.6) is 11.5 Å². The number of imidazole rings is 1. The number of hydrogen-bond acceptors (Lipinski definition) is 11. The van der Waals surface area contributed by atoms with Gasteiger partial charge in [-0.15, -0.1) is 0 Å². The van der Waals surface area contributed by atoms with Gasteiger partial charge in [0.15, 0.2) is 33.0 Å². The lowest BCUT2D eigenvalue weighted by molar-refractivity contribution is -0.118. The topological polar surface area (TPSA) is 183 Å². The van der Waals surface area contributed by atoms with Gasteiger partial charge in [0.25, 0.3) is 5.56 Å². The molecule has 1 aliphatic rings. The minimum absolute atomic E-state index is 0.0342. The Kier molecular flexibility index (Phi) is 15.8. The molecule has 2 aromatic heterocycles. The van der Waals surface area contributed by atoms with Gasteiger partial charge in [-0.3, -0.25) is 24.5 Å². The van der Waals surface area contributed by atoms with Gasteiger partial charge in [0.05, 0.1) is 39.3 Å². The van der Waals surface area contributed by atoms with Crippen molar-refractivity contribution >= 4 is 38.6 Å². The number of nitrogens with zero attached hydrogens (tertiary/aromatic N) is 5. The largest absolute Gasteiger partial charge is 0.497 e. The molecule has 1 saturated heterocycles. The summed E-state index contributed by atoms with van der Waals surface area (Å²) in [6.07, 6.45) is -1.16. The van der Waals surface area contributed by atoms with E-state index in [-0.39, 0.29) is 64.9 Å². The Hall–Kier alpha value is -5.14. The molecule has 17 heteroatoms. The molecule has 4 atom stereocenters. The number of nitrogens with one attached hydrogen (secondary N) is 2. The predicted octanol–water partition coefficient (Wildman–Crippen LogP) is 9.71. The summed E-state index contributed by atoms with van der Waals surface area (Å²) >= 11 is 0. The molecule has 0 aliphatic carbocycles. The van der Waals surface area contributed by atoms with Crippen LogP contribution >= 0.6 is 7.29 Å². The zero-order valence-electron chi connectivity index (χ0n) is 41.2. The van der Waals surface area contributed by atoms with E-state index in [0.717, 1.165) is 16.7 Å². The first-order valence-electron chi connectivity index (χ1n) is 23.0. The van der Waals surface area contributed by atoms with Crippen LogP contribution in [-0.4, -0.2) is 95.4 Å². The third-order valence-electron chi connectivity index (χ3n) is 13.3. The predicted molar refractivity (Wildman–Crippen MR) is 264 cm³/mol. The van der Waals surface area contributed by atoms with E-state index in [1.54, 1.807) is 32.6 Å².